The number of benzene rings is 3. The average molecular weight is 722 g/mol. The van der Waals surface area contributed by atoms with Gasteiger partial charge in [-0.1, -0.05) is 36.4 Å². The normalized spacial score (nSPS) is 11.7. The zero-order chi connectivity index (χ0) is 31.5. The van der Waals surface area contributed by atoms with E-state index in [0.717, 1.165) is 16.7 Å². The monoisotopic (exact) mass is 721 g/mol. The van der Waals surface area contributed by atoms with Gasteiger partial charge in [0.15, 0.2) is 0 Å². The SMILES string of the molecule is O=S(=O)([O-])c1ccc(CCNCCN(CCNCCc2ccc(S(=O)(=O)[O-])cc2)CCc2ccc(S(=O)(=O)[O-])cc2)cc1.[Na+].[Na+].[Na+]. The Balaban J connectivity index is 0.00000675. The van der Waals surface area contributed by atoms with Crippen molar-refractivity contribution in [2.24, 2.45) is 0 Å². The molecule has 0 heterocycles. The molecule has 3 rings (SSSR count). The Hall–Kier alpha value is 0.270. The summed E-state index contributed by atoms with van der Waals surface area (Å²) in [5.41, 5.74) is 2.69. The third kappa shape index (κ3) is 17.3. The van der Waals surface area contributed by atoms with E-state index in [1.54, 1.807) is 36.4 Å². The van der Waals surface area contributed by atoms with Crippen LogP contribution >= 0.6 is 0 Å². The molecule has 0 aromatic heterocycles. The Morgan fingerprint density at radius 1 is 0.435 bits per heavy atom. The second kappa shape index (κ2) is 22.2. The Bertz CT molecular complexity index is 1560. The summed E-state index contributed by atoms with van der Waals surface area (Å²) < 4.78 is 100. The number of hydrogen-bond donors (Lipinski definition) is 2. The van der Waals surface area contributed by atoms with Gasteiger partial charge in [0.25, 0.3) is 0 Å². The van der Waals surface area contributed by atoms with Crippen LogP contribution in [-0.2, 0) is 49.6 Å². The first-order chi connectivity index (χ1) is 20.2. The molecule has 236 valence electrons. The van der Waals surface area contributed by atoms with E-state index < -0.39 is 30.4 Å². The van der Waals surface area contributed by atoms with Gasteiger partial charge in [-0.25, -0.2) is 25.3 Å². The zero-order valence-corrected chi connectivity index (χ0v) is 34.8. The first-order valence-electron chi connectivity index (χ1n) is 13.5. The predicted molar refractivity (Wildman–Crippen MR) is 157 cm³/mol. The van der Waals surface area contributed by atoms with E-state index in [9.17, 15) is 38.9 Å². The maximum absolute atomic E-state index is 11.2. The molecule has 2 N–H and O–H groups in total. The third-order valence-corrected chi connectivity index (χ3v) is 9.29. The van der Waals surface area contributed by atoms with Crippen LogP contribution in [0.1, 0.15) is 16.7 Å². The second-order valence-corrected chi connectivity index (χ2v) is 14.0. The number of rotatable bonds is 18. The van der Waals surface area contributed by atoms with E-state index in [-0.39, 0.29) is 103 Å². The molecule has 0 atom stereocenters. The van der Waals surface area contributed by atoms with Gasteiger partial charge in [-0.2, -0.15) is 0 Å². The van der Waals surface area contributed by atoms with Crippen molar-refractivity contribution >= 4 is 30.4 Å². The van der Waals surface area contributed by atoms with Crippen LogP contribution in [0.2, 0.25) is 0 Å². The summed E-state index contributed by atoms with van der Waals surface area (Å²) in [7, 11) is -13.4. The molecule has 0 saturated heterocycles. The van der Waals surface area contributed by atoms with Crippen LogP contribution < -0.4 is 99.3 Å². The van der Waals surface area contributed by atoms with E-state index >= 15 is 0 Å². The quantitative estimate of drug-likeness (QED) is 0.0716. The Morgan fingerprint density at radius 3 is 1.00 bits per heavy atom. The number of hydrogen-bond acceptors (Lipinski definition) is 12. The summed E-state index contributed by atoms with van der Waals surface area (Å²) in [5.74, 6) is 0. The van der Waals surface area contributed by atoms with Crippen LogP contribution in [0.15, 0.2) is 87.5 Å². The Morgan fingerprint density at radius 2 is 0.717 bits per heavy atom. The third-order valence-electron chi connectivity index (χ3n) is 6.74. The molecule has 0 unspecified atom stereocenters. The summed E-state index contributed by atoms with van der Waals surface area (Å²) in [6.45, 7) is 4.76. The van der Waals surface area contributed by atoms with Gasteiger partial charge in [-0.3, -0.25) is 0 Å². The van der Waals surface area contributed by atoms with Crippen LogP contribution in [0, 0.1) is 0 Å². The Kier molecular flexibility index (Phi) is 22.3. The topological polar surface area (TPSA) is 199 Å². The van der Waals surface area contributed by atoms with E-state index in [1.165, 1.54) is 36.4 Å². The largest absolute Gasteiger partial charge is 1.00 e. The van der Waals surface area contributed by atoms with E-state index in [2.05, 4.69) is 15.5 Å². The van der Waals surface area contributed by atoms with Crippen LogP contribution in [0.25, 0.3) is 0 Å². The van der Waals surface area contributed by atoms with Crippen molar-refractivity contribution < 1.29 is 128 Å². The van der Waals surface area contributed by atoms with Gasteiger partial charge >= 0.3 is 88.7 Å². The summed E-state index contributed by atoms with van der Waals surface area (Å²) in [6, 6.07) is 17.6. The molecule has 0 saturated carbocycles. The van der Waals surface area contributed by atoms with Crippen LogP contribution in [0.4, 0.5) is 0 Å². The van der Waals surface area contributed by atoms with Crippen molar-refractivity contribution in [3.05, 3.63) is 89.5 Å². The van der Waals surface area contributed by atoms with Crippen LogP contribution in [-0.4, -0.2) is 89.6 Å². The van der Waals surface area contributed by atoms with Gasteiger partial charge in [0.2, 0.25) is 0 Å². The molecule has 12 nitrogen and oxygen atoms in total. The minimum atomic E-state index is -4.50. The smallest absolute Gasteiger partial charge is 0.744 e. The molecule has 0 aliphatic heterocycles. The maximum atomic E-state index is 11.2. The first kappa shape index (κ1) is 46.3. The minimum absolute atomic E-state index is 0. The van der Waals surface area contributed by atoms with E-state index in [1.807, 2.05) is 0 Å². The molecule has 0 aliphatic carbocycles. The van der Waals surface area contributed by atoms with Gasteiger partial charge in [-0.05, 0) is 85.4 Å². The molecule has 18 heteroatoms. The van der Waals surface area contributed by atoms with Gasteiger partial charge in [-0.15, -0.1) is 0 Å². The van der Waals surface area contributed by atoms with Gasteiger partial charge in [0.1, 0.15) is 30.4 Å². The van der Waals surface area contributed by atoms with E-state index in [0.29, 0.717) is 65.1 Å². The van der Waals surface area contributed by atoms with Gasteiger partial charge < -0.3 is 29.2 Å². The molecule has 0 spiro atoms. The van der Waals surface area contributed by atoms with Crippen molar-refractivity contribution in [3.8, 4) is 0 Å². The zero-order valence-electron chi connectivity index (χ0n) is 26.3. The average Bonchev–Trinajstić information content (AvgIpc) is 2.94. The molecular formula is C28H34N3Na3O9S3. The number of nitrogens with one attached hydrogen (secondary N) is 2. The van der Waals surface area contributed by atoms with Crippen LogP contribution in [0.3, 0.4) is 0 Å². The fourth-order valence-corrected chi connectivity index (χ4v) is 5.69. The first-order valence-corrected chi connectivity index (χ1v) is 17.7. The fourth-order valence-electron chi connectivity index (χ4n) is 4.28. The maximum Gasteiger partial charge on any atom is 1.00 e. The molecule has 0 fully saturated rings. The molecule has 0 amide bonds. The Labute approximate surface area is 338 Å². The molecule has 46 heavy (non-hydrogen) atoms. The molecule has 3 aromatic rings. The van der Waals surface area contributed by atoms with Crippen molar-refractivity contribution in [1.29, 1.82) is 0 Å². The molecular weight excluding hydrogens is 687 g/mol. The summed E-state index contributed by atoms with van der Waals surface area (Å²) in [4.78, 5) is 1.45. The predicted octanol–water partition coefficient (Wildman–Crippen LogP) is -8.08. The van der Waals surface area contributed by atoms with Crippen LogP contribution in [0.5, 0.6) is 0 Å². The standard InChI is InChI=1S/C28H37N3O9S3.3Na/c32-41(33,34)26-7-1-23(2-8-26)13-16-29-18-21-31(20-15-25-5-11-28(12-6-25)43(38,39)40)22-19-30-17-14-24-3-9-27(10-4-24)42(35,36)37;;;/h1-12,29-30H,13-22H2,(H,32,33,34)(H,35,36,37)(H,38,39,40);;;/q;3*+1/p-3. The van der Waals surface area contributed by atoms with Crippen molar-refractivity contribution in [3.63, 3.8) is 0 Å². The number of nitrogens with zero attached hydrogens (tertiary/aromatic N) is 1. The van der Waals surface area contributed by atoms with Gasteiger partial charge in [0, 0.05) is 32.7 Å². The van der Waals surface area contributed by atoms with Gasteiger partial charge in [0.05, 0.1) is 14.7 Å². The molecule has 0 radical (unpaired) electrons. The van der Waals surface area contributed by atoms with Crippen molar-refractivity contribution in [1.82, 2.24) is 15.5 Å². The molecule has 0 bridgehead atoms. The minimum Gasteiger partial charge on any atom is -0.744 e. The summed E-state index contributed by atoms with van der Waals surface area (Å²) in [6.07, 6.45) is 1.94. The summed E-state index contributed by atoms with van der Waals surface area (Å²) in [5, 5.41) is 6.72. The van der Waals surface area contributed by atoms with Crippen molar-refractivity contribution in [2.45, 2.75) is 33.9 Å². The fraction of sp³-hybridized carbons (Fsp3) is 0.357. The van der Waals surface area contributed by atoms with Crippen molar-refractivity contribution in [2.75, 3.05) is 45.8 Å². The molecule has 3 aromatic carbocycles. The summed E-state index contributed by atoms with van der Waals surface area (Å²) >= 11 is 0. The van der Waals surface area contributed by atoms with E-state index in [4.69, 9.17) is 0 Å². The molecule has 0 aliphatic rings. The second-order valence-electron chi connectivity index (χ2n) is 9.89.